The third kappa shape index (κ3) is 5.26. The molecule has 60 heavy (non-hydrogen) atoms. The molecule has 1 saturated carbocycles. The molecule has 322 valence electrons. The Hall–Kier alpha value is -4.50. The first kappa shape index (κ1) is 40.9. The highest BCUT2D eigenvalue weighted by molar-refractivity contribution is 5.95. The summed E-state index contributed by atoms with van der Waals surface area (Å²) in [5.41, 5.74) is -2.77. The van der Waals surface area contributed by atoms with Crippen molar-refractivity contribution >= 4 is 34.5 Å². The van der Waals surface area contributed by atoms with Crippen LogP contribution in [0.4, 0.5) is 10.1 Å². The summed E-state index contributed by atoms with van der Waals surface area (Å²) in [5, 5.41) is 26.0. The number of aliphatic hydroxyl groups is 2. The van der Waals surface area contributed by atoms with Gasteiger partial charge < -0.3 is 39.0 Å². The van der Waals surface area contributed by atoms with Crippen molar-refractivity contribution in [3.05, 3.63) is 70.7 Å². The summed E-state index contributed by atoms with van der Waals surface area (Å²) >= 11 is 0. The average Bonchev–Trinajstić information content (AvgIpc) is 3.89. The molecule has 9 rings (SSSR count). The number of rotatable bonds is 7. The number of nitrogens with one attached hydrogen (secondary N) is 1. The molecule has 2 aromatic carbocycles. The van der Waals surface area contributed by atoms with Crippen LogP contribution >= 0.6 is 0 Å². The Labute approximate surface area is 349 Å². The number of nitrogens with zero attached hydrogens (tertiary/aromatic N) is 3. The Morgan fingerprint density at radius 1 is 0.967 bits per heavy atom. The van der Waals surface area contributed by atoms with E-state index >= 15 is 9.18 Å². The zero-order valence-corrected chi connectivity index (χ0v) is 35.6. The summed E-state index contributed by atoms with van der Waals surface area (Å²) in [4.78, 5) is 52.9. The predicted octanol–water partition coefficient (Wildman–Crippen LogP) is 4.13. The molecule has 0 radical (unpaired) electrons. The van der Waals surface area contributed by atoms with Crippen molar-refractivity contribution in [2.24, 2.45) is 11.3 Å². The minimum atomic E-state index is -2.34. The van der Waals surface area contributed by atoms with Crippen LogP contribution in [0.2, 0.25) is 0 Å². The fourth-order valence-electron chi connectivity index (χ4n) is 13.5. The van der Waals surface area contributed by atoms with Gasteiger partial charge in [-0.15, -0.1) is 0 Å². The molecule has 2 bridgehead atoms. The number of hydrogen-bond acceptors (Lipinski definition) is 12. The van der Waals surface area contributed by atoms with Gasteiger partial charge in [0.15, 0.2) is 6.10 Å². The van der Waals surface area contributed by atoms with Crippen molar-refractivity contribution in [3.8, 4) is 5.75 Å². The molecule has 3 aromatic rings. The van der Waals surface area contributed by atoms with Crippen molar-refractivity contribution in [2.75, 3.05) is 66.0 Å². The van der Waals surface area contributed by atoms with Gasteiger partial charge >= 0.3 is 17.9 Å². The lowest BCUT2D eigenvalue weighted by atomic mass is 9.47. The van der Waals surface area contributed by atoms with Gasteiger partial charge in [0.2, 0.25) is 5.60 Å². The monoisotopic (exact) mass is 828 g/mol. The molecule has 2 saturated heterocycles. The molecule has 10 atom stereocenters. The first-order chi connectivity index (χ1) is 28.6. The molecule has 1 spiro atoms. The smallest absolute Gasteiger partial charge is 0.344 e. The average molecular weight is 829 g/mol. The minimum absolute atomic E-state index is 0.176. The molecule has 1 unspecified atom stereocenters. The van der Waals surface area contributed by atoms with Crippen LogP contribution < -0.4 is 9.64 Å². The number of ether oxygens (including phenoxy) is 4. The van der Waals surface area contributed by atoms with Crippen LogP contribution in [0, 0.1) is 17.2 Å². The van der Waals surface area contributed by atoms with Crippen LogP contribution in [0.1, 0.15) is 75.3 Å². The van der Waals surface area contributed by atoms with Crippen LogP contribution in [0.5, 0.6) is 5.75 Å². The molecule has 6 heterocycles. The highest BCUT2D eigenvalue weighted by atomic mass is 19.1. The molecule has 14 heteroatoms. The van der Waals surface area contributed by atoms with Gasteiger partial charge in [0.25, 0.3) is 0 Å². The number of aromatic amines is 1. The molecule has 1 aliphatic carbocycles. The van der Waals surface area contributed by atoms with E-state index in [2.05, 4.69) is 14.8 Å². The lowest BCUT2D eigenvalue weighted by molar-refractivity contribution is -0.228. The first-order valence-corrected chi connectivity index (χ1v) is 21.3. The Kier molecular flexibility index (Phi) is 9.55. The third-order valence-corrected chi connectivity index (χ3v) is 15.7. The molecular formula is C46H57FN4O9. The van der Waals surface area contributed by atoms with E-state index in [9.17, 15) is 19.8 Å². The number of halogens is 1. The van der Waals surface area contributed by atoms with Crippen molar-refractivity contribution in [1.82, 2.24) is 14.8 Å². The van der Waals surface area contributed by atoms with Crippen LogP contribution in [0.3, 0.4) is 0 Å². The second-order valence-corrected chi connectivity index (χ2v) is 18.3. The second-order valence-electron chi connectivity index (χ2n) is 18.3. The summed E-state index contributed by atoms with van der Waals surface area (Å²) in [6.07, 6.45) is 5.41. The second kappa shape index (κ2) is 14.0. The first-order valence-electron chi connectivity index (χ1n) is 21.3. The van der Waals surface area contributed by atoms with E-state index in [-0.39, 0.29) is 18.4 Å². The maximum absolute atomic E-state index is 15.3. The van der Waals surface area contributed by atoms with Gasteiger partial charge in [0.05, 0.1) is 33.0 Å². The Bertz CT molecular complexity index is 2320. The Morgan fingerprint density at radius 3 is 2.42 bits per heavy atom. The molecule has 13 nitrogen and oxygen atoms in total. The molecule has 1 aromatic heterocycles. The van der Waals surface area contributed by atoms with E-state index in [1.54, 1.807) is 13.2 Å². The van der Waals surface area contributed by atoms with Crippen molar-refractivity contribution in [3.63, 3.8) is 0 Å². The predicted molar refractivity (Wildman–Crippen MR) is 220 cm³/mol. The van der Waals surface area contributed by atoms with Gasteiger partial charge in [0, 0.05) is 90.9 Å². The van der Waals surface area contributed by atoms with E-state index in [4.69, 9.17) is 18.9 Å². The SMILES string of the molecule is CC[C@]1(O)C[C@@H]2CN(CCc3c([nH]c4ccc(F)cc34)[C@@](C(=O)OC)(c3cc4c(cc3OC)N(C)[C@H]3[C@@](O)(C(=O)OC)[C@H](OC(C)=O)[C@]5(CC)C=CCN6CC[C@]43[C@@H]65)C2)C1. The van der Waals surface area contributed by atoms with Gasteiger partial charge in [-0.2, -0.15) is 0 Å². The Morgan fingerprint density at radius 2 is 1.73 bits per heavy atom. The number of hydrogen-bond donors (Lipinski definition) is 3. The number of benzene rings is 2. The number of anilines is 1. The van der Waals surface area contributed by atoms with Crippen LogP contribution in [-0.4, -0.2) is 133 Å². The van der Waals surface area contributed by atoms with Crippen molar-refractivity contribution < 1.29 is 47.9 Å². The summed E-state index contributed by atoms with van der Waals surface area (Å²) in [6, 6.07) is 7.22. The lowest BCUT2D eigenvalue weighted by Gasteiger charge is -2.63. The molecule has 6 aliphatic rings. The fourth-order valence-corrected chi connectivity index (χ4v) is 13.5. The van der Waals surface area contributed by atoms with Crippen LogP contribution in [-0.2, 0) is 45.8 Å². The molecule has 3 fully saturated rings. The number of fused-ring (bicyclic) bond motifs is 6. The number of likely N-dealkylation sites (N-methyl/N-ethyl adjacent to an activating group) is 1. The number of piperidine rings is 1. The summed E-state index contributed by atoms with van der Waals surface area (Å²) in [6.45, 7) is 8.20. The normalized spacial score (nSPS) is 36.6. The number of aromatic nitrogens is 1. The molecule has 3 N–H and O–H groups in total. The lowest BCUT2D eigenvalue weighted by Crippen LogP contribution is -2.81. The maximum Gasteiger partial charge on any atom is 0.344 e. The number of H-pyrrole nitrogens is 1. The summed E-state index contributed by atoms with van der Waals surface area (Å²) in [5.74, 6) is -2.26. The van der Waals surface area contributed by atoms with Gasteiger partial charge in [-0.1, -0.05) is 26.0 Å². The standard InChI is InChI=1S/C46H57FN4O9/c1-8-42(55)22-27-23-45(40(53)58-6,36-29(13-17-50(24-27)25-42)30-19-28(47)11-12-33(30)48-36)32-20-31-34(21-35(32)57-5)49(4)38-44(31)15-18-51-16-10-14-43(9-2,37(44)51)39(60-26(3)52)46(38,56)41(54)59-7/h10-12,14,19-21,27,37-39,48,55-56H,8-9,13,15-18,22-25H2,1-7H3/t27-,37-,38+,39+,42-,43+,44+,45-,46-/m0/s1. The van der Waals surface area contributed by atoms with Crippen LogP contribution in [0.15, 0.2) is 42.5 Å². The zero-order valence-electron chi connectivity index (χ0n) is 35.6. The van der Waals surface area contributed by atoms with E-state index < -0.39 is 63.3 Å². The number of methoxy groups -OCH3 is 3. The van der Waals surface area contributed by atoms with Gasteiger partial charge in [-0.3, -0.25) is 19.4 Å². The molecule has 5 aliphatic heterocycles. The number of esters is 3. The van der Waals surface area contributed by atoms with Crippen molar-refractivity contribution in [1.29, 1.82) is 0 Å². The van der Waals surface area contributed by atoms with E-state index in [1.807, 2.05) is 50.1 Å². The van der Waals surface area contributed by atoms with E-state index in [0.717, 1.165) is 11.1 Å². The topological polar surface area (TPSA) is 154 Å². The van der Waals surface area contributed by atoms with Gasteiger partial charge in [-0.25, -0.2) is 9.18 Å². The maximum atomic E-state index is 15.3. The quantitative estimate of drug-likeness (QED) is 0.178. The summed E-state index contributed by atoms with van der Waals surface area (Å²) < 4.78 is 39.0. The van der Waals surface area contributed by atoms with Crippen molar-refractivity contribution in [2.45, 2.75) is 99.5 Å². The highest BCUT2D eigenvalue weighted by Gasteiger charge is 2.80. The third-order valence-electron chi connectivity index (χ3n) is 15.7. The molecule has 0 amide bonds. The number of carbonyl (C=O) groups is 3. The van der Waals surface area contributed by atoms with Gasteiger partial charge in [-0.05, 0) is 86.4 Å². The number of carbonyl (C=O) groups excluding carboxylic acids is 3. The van der Waals surface area contributed by atoms with Gasteiger partial charge in [0.1, 0.15) is 17.0 Å². The Balaban J connectivity index is 1.37. The minimum Gasteiger partial charge on any atom is -0.496 e. The van der Waals surface area contributed by atoms with Crippen LogP contribution in [0.25, 0.3) is 10.9 Å². The largest absolute Gasteiger partial charge is 0.496 e. The highest BCUT2D eigenvalue weighted by Crippen LogP contribution is 2.68. The summed E-state index contributed by atoms with van der Waals surface area (Å²) in [7, 11) is 6.00. The fraction of sp³-hybridized carbons (Fsp3) is 0.587. The van der Waals surface area contributed by atoms with E-state index in [0.29, 0.717) is 98.4 Å². The van der Waals surface area contributed by atoms with E-state index in [1.165, 1.54) is 33.3 Å². The molecular weight excluding hydrogens is 772 g/mol. The zero-order chi connectivity index (χ0) is 42.7.